The minimum atomic E-state index is -4.87. The van der Waals surface area contributed by atoms with E-state index in [0.717, 1.165) is 19.3 Å². The number of hydrazine groups is 1. The predicted octanol–water partition coefficient (Wildman–Crippen LogP) is 4.99. The predicted molar refractivity (Wildman–Crippen MR) is 137 cm³/mol. The Morgan fingerprint density at radius 3 is 2.38 bits per heavy atom. The first kappa shape index (κ1) is 28.2. The number of piperidine rings is 1. The van der Waals surface area contributed by atoms with Gasteiger partial charge in [-0.15, -0.1) is 0 Å². The van der Waals surface area contributed by atoms with E-state index in [-0.39, 0.29) is 27.1 Å². The van der Waals surface area contributed by atoms with Gasteiger partial charge in [0.05, 0.1) is 16.3 Å². The van der Waals surface area contributed by atoms with E-state index < -0.39 is 35.4 Å². The molecule has 0 radical (unpaired) electrons. The number of carbonyl (C=O) groups is 3. The van der Waals surface area contributed by atoms with Crippen LogP contribution in [-0.2, 0) is 6.18 Å². The molecule has 0 atom stereocenters. The molecular formula is C24H22Cl2F3N7O3. The smallest absolute Gasteiger partial charge is 0.323 e. The summed E-state index contributed by atoms with van der Waals surface area (Å²) in [6, 6.07) is 5.60. The fraction of sp³-hybridized carbons (Fsp3) is 0.292. The monoisotopic (exact) mass is 583 g/mol. The molecule has 3 heterocycles. The molecule has 15 heteroatoms. The summed E-state index contributed by atoms with van der Waals surface area (Å²) in [6.45, 7) is 2.64. The number of aromatic nitrogens is 3. The number of likely N-dealkylation sites (tertiary alicyclic amines) is 1. The molecule has 39 heavy (non-hydrogen) atoms. The maximum Gasteiger partial charge on any atom is 0.435 e. The molecule has 0 bridgehead atoms. The molecule has 4 rings (SSSR count). The van der Waals surface area contributed by atoms with E-state index in [2.05, 4.69) is 26.3 Å². The molecule has 1 saturated heterocycles. The molecule has 1 aromatic carbocycles. The van der Waals surface area contributed by atoms with Crippen molar-refractivity contribution in [1.29, 1.82) is 0 Å². The van der Waals surface area contributed by atoms with Crippen molar-refractivity contribution in [1.82, 2.24) is 30.5 Å². The lowest BCUT2D eigenvalue weighted by atomic mass is 10.1. The second-order valence-corrected chi connectivity index (χ2v) is 9.51. The van der Waals surface area contributed by atoms with Crippen LogP contribution in [-0.4, -0.2) is 50.6 Å². The summed E-state index contributed by atoms with van der Waals surface area (Å²) in [5.74, 6) is -2.04. The van der Waals surface area contributed by atoms with Crippen LogP contribution >= 0.6 is 23.2 Å². The maximum atomic E-state index is 13.5. The van der Waals surface area contributed by atoms with Gasteiger partial charge in [-0.1, -0.05) is 23.2 Å². The molecule has 3 aromatic rings. The molecule has 0 saturated carbocycles. The highest BCUT2D eigenvalue weighted by molar-refractivity contribution is 6.32. The Hall–Kier alpha value is -3.84. The van der Waals surface area contributed by atoms with E-state index in [1.807, 2.05) is 0 Å². The van der Waals surface area contributed by atoms with Gasteiger partial charge in [-0.2, -0.15) is 18.3 Å². The second-order valence-electron chi connectivity index (χ2n) is 8.66. The van der Waals surface area contributed by atoms with Crippen LogP contribution in [0.4, 0.5) is 23.7 Å². The van der Waals surface area contributed by atoms with Gasteiger partial charge >= 0.3 is 12.2 Å². The van der Waals surface area contributed by atoms with Crippen molar-refractivity contribution in [2.45, 2.75) is 32.4 Å². The van der Waals surface area contributed by atoms with E-state index in [0.29, 0.717) is 29.4 Å². The van der Waals surface area contributed by atoms with Gasteiger partial charge in [0.15, 0.2) is 11.5 Å². The normalized spacial score (nSPS) is 13.6. The first-order valence-electron chi connectivity index (χ1n) is 11.7. The molecule has 3 N–H and O–H groups in total. The topological polar surface area (TPSA) is 121 Å². The Labute approximate surface area is 230 Å². The largest absolute Gasteiger partial charge is 0.435 e. The number of pyridine rings is 1. The number of nitrogens with zero attached hydrogens (tertiary/aromatic N) is 4. The summed E-state index contributed by atoms with van der Waals surface area (Å²) in [6.07, 6.45) is -0.878. The number of hydrogen-bond donors (Lipinski definition) is 3. The molecule has 0 spiro atoms. The highest BCUT2D eigenvalue weighted by Gasteiger charge is 2.37. The van der Waals surface area contributed by atoms with Crippen LogP contribution in [0.5, 0.6) is 0 Å². The number of alkyl halides is 3. The van der Waals surface area contributed by atoms with Gasteiger partial charge in [0.2, 0.25) is 0 Å². The fourth-order valence-corrected chi connectivity index (χ4v) is 4.47. The van der Waals surface area contributed by atoms with Crippen molar-refractivity contribution in [3.05, 3.63) is 69.1 Å². The number of halogens is 5. The first-order chi connectivity index (χ1) is 18.5. The lowest BCUT2D eigenvalue weighted by Crippen LogP contribution is -2.50. The van der Waals surface area contributed by atoms with Crippen LogP contribution in [0.3, 0.4) is 0 Å². The van der Waals surface area contributed by atoms with Gasteiger partial charge in [-0.3, -0.25) is 15.0 Å². The van der Waals surface area contributed by atoms with Crippen molar-refractivity contribution >= 4 is 46.7 Å². The van der Waals surface area contributed by atoms with Gasteiger partial charge in [0.25, 0.3) is 11.8 Å². The number of amides is 4. The highest BCUT2D eigenvalue weighted by Crippen LogP contribution is 2.31. The number of aryl methyl sites for hydroxylation is 1. The number of hydrogen-bond acceptors (Lipinski definition) is 5. The Kier molecular flexibility index (Phi) is 8.31. The summed E-state index contributed by atoms with van der Waals surface area (Å²) in [5.41, 5.74) is 2.89. The van der Waals surface area contributed by atoms with Crippen LogP contribution in [0.15, 0.2) is 36.5 Å². The van der Waals surface area contributed by atoms with Crippen molar-refractivity contribution in [2.24, 2.45) is 0 Å². The summed E-state index contributed by atoms with van der Waals surface area (Å²) < 4.78 is 41.1. The number of urea groups is 1. The molecule has 0 unspecified atom stereocenters. The third kappa shape index (κ3) is 6.42. The van der Waals surface area contributed by atoms with Crippen LogP contribution < -0.4 is 16.2 Å². The van der Waals surface area contributed by atoms with Crippen LogP contribution in [0.25, 0.3) is 5.82 Å². The summed E-state index contributed by atoms with van der Waals surface area (Å²) >= 11 is 12.2. The molecule has 1 aliphatic rings. The van der Waals surface area contributed by atoms with E-state index in [9.17, 15) is 27.6 Å². The second kappa shape index (κ2) is 11.5. The third-order valence-corrected chi connectivity index (χ3v) is 6.40. The van der Waals surface area contributed by atoms with Gasteiger partial charge < -0.3 is 10.2 Å². The van der Waals surface area contributed by atoms with Crippen LogP contribution in [0, 0.1) is 6.92 Å². The van der Waals surface area contributed by atoms with Crippen molar-refractivity contribution in [3.63, 3.8) is 0 Å². The number of benzene rings is 1. The Balaban J connectivity index is 1.63. The Bertz CT molecular complexity index is 1420. The number of carbonyl (C=O) groups excluding carboxylic acids is 3. The quantitative estimate of drug-likeness (QED) is 0.373. The van der Waals surface area contributed by atoms with Gasteiger partial charge in [-0.05, 0) is 56.0 Å². The highest BCUT2D eigenvalue weighted by atomic mass is 35.5. The third-order valence-electron chi connectivity index (χ3n) is 5.88. The van der Waals surface area contributed by atoms with Crippen molar-refractivity contribution < 1.29 is 27.6 Å². The van der Waals surface area contributed by atoms with E-state index >= 15 is 0 Å². The average molecular weight is 584 g/mol. The SMILES string of the molecule is Cc1cc(Cl)cc(C(=O)NNC(=O)N2CCCCC2)c1NC(=O)c1cc(C(F)(F)F)nn1-c1ncccc1Cl. The van der Waals surface area contributed by atoms with Crippen molar-refractivity contribution in [3.8, 4) is 5.82 Å². The minimum absolute atomic E-state index is 0.0393. The van der Waals surface area contributed by atoms with Crippen LogP contribution in [0.1, 0.15) is 51.4 Å². The standard InChI is InChI=1S/C24H22Cl2F3N7O3/c1-13-10-14(25)11-15(21(37)32-33-23(39)35-8-3-2-4-9-35)19(13)31-22(38)17-12-18(24(27,28)29)34-36(17)20-16(26)6-5-7-30-20/h5-7,10-12H,2-4,8-9H2,1H3,(H,31,38)(H,32,37)(H,33,39). The number of nitrogens with one attached hydrogen (secondary N) is 3. The molecule has 1 fully saturated rings. The Morgan fingerprint density at radius 2 is 1.72 bits per heavy atom. The van der Waals surface area contributed by atoms with E-state index in [1.54, 1.807) is 11.8 Å². The Morgan fingerprint density at radius 1 is 1.00 bits per heavy atom. The molecule has 0 aliphatic carbocycles. The lowest BCUT2D eigenvalue weighted by Gasteiger charge is -2.26. The zero-order valence-electron chi connectivity index (χ0n) is 20.4. The summed E-state index contributed by atoms with van der Waals surface area (Å²) in [7, 11) is 0. The molecule has 1 aliphatic heterocycles. The molecular weight excluding hydrogens is 562 g/mol. The lowest BCUT2D eigenvalue weighted by molar-refractivity contribution is -0.141. The van der Waals surface area contributed by atoms with E-state index in [1.165, 1.54) is 30.5 Å². The molecule has 206 valence electrons. The number of anilines is 1. The molecule has 10 nitrogen and oxygen atoms in total. The van der Waals surface area contributed by atoms with Crippen molar-refractivity contribution in [2.75, 3.05) is 18.4 Å². The fourth-order valence-electron chi connectivity index (χ4n) is 4.00. The first-order valence-corrected chi connectivity index (χ1v) is 12.5. The molecule has 4 amide bonds. The van der Waals surface area contributed by atoms with E-state index in [4.69, 9.17) is 23.2 Å². The minimum Gasteiger partial charge on any atom is -0.323 e. The number of rotatable bonds is 4. The summed E-state index contributed by atoms with van der Waals surface area (Å²) in [5, 5.41) is 6.07. The van der Waals surface area contributed by atoms with Gasteiger partial charge in [0.1, 0.15) is 5.69 Å². The van der Waals surface area contributed by atoms with Crippen LogP contribution in [0.2, 0.25) is 10.0 Å². The zero-order valence-corrected chi connectivity index (χ0v) is 21.9. The molecule has 2 aromatic heterocycles. The maximum absolute atomic E-state index is 13.5. The van der Waals surface area contributed by atoms with Gasteiger partial charge in [-0.25, -0.2) is 19.9 Å². The van der Waals surface area contributed by atoms with Gasteiger partial charge in [0, 0.05) is 30.4 Å². The average Bonchev–Trinajstić information content (AvgIpc) is 3.35. The summed E-state index contributed by atoms with van der Waals surface area (Å²) in [4.78, 5) is 44.2. The zero-order chi connectivity index (χ0) is 28.3.